The van der Waals surface area contributed by atoms with Gasteiger partial charge in [0.1, 0.15) is 5.82 Å². The Kier molecular flexibility index (Phi) is 4.94. The molecule has 0 unspecified atom stereocenters. The molecule has 6 heteroatoms. The molecule has 1 heterocycles. The summed E-state index contributed by atoms with van der Waals surface area (Å²) in [5.74, 6) is 0.704. The van der Waals surface area contributed by atoms with Crippen LogP contribution in [0.25, 0.3) is 11.0 Å². The second-order valence-corrected chi connectivity index (χ2v) is 4.77. The summed E-state index contributed by atoms with van der Waals surface area (Å²) in [6.45, 7) is 6.50. The third-order valence-electron chi connectivity index (χ3n) is 3.18. The lowest BCUT2D eigenvalue weighted by Crippen LogP contribution is -2.41. The highest BCUT2D eigenvalue weighted by atomic mass is 16.3. The molecule has 2 rings (SSSR count). The molecule has 6 nitrogen and oxygen atoms in total. The van der Waals surface area contributed by atoms with Gasteiger partial charge in [-0.1, -0.05) is 18.2 Å². The van der Waals surface area contributed by atoms with Crippen LogP contribution in [0.4, 0.5) is 4.79 Å². The van der Waals surface area contributed by atoms with Crippen molar-refractivity contribution in [2.45, 2.75) is 13.5 Å². The number of rotatable bonds is 6. The average molecular weight is 288 g/mol. The van der Waals surface area contributed by atoms with Gasteiger partial charge in [0.15, 0.2) is 0 Å². The summed E-state index contributed by atoms with van der Waals surface area (Å²) in [4.78, 5) is 21.1. The van der Waals surface area contributed by atoms with Crippen LogP contribution in [0.1, 0.15) is 11.4 Å². The number of H-pyrrole nitrogens is 1. The second-order valence-electron chi connectivity index (χ2n) is 4.77. The van der Waals surface area contributed by atoms with Gasteiger partial charge in [0, 0.05) is 13.1 Å². The van der Waals surface area contributed by atoms with Crippen molar-refractivity contribution in [1.82, 2.24) is 20.2 Å². The van der Waals surface area contributed by atoms with E-state index in [1.54, 1.807) is 6.08 Å². The first-order valence-corrected chi connectivity index (χ1v) is 6.84. The SMILES string of the molecule is C=CCN(CCO)C(=O)NCc1nc2c(C)cccc2[nH]1. The highest BCUT2D eigenvalue weighted by Gasteiger charge is 2.12. The summed E-state index contributed by atoms with van der Waals surface area (Å²) in [7, 11) is 0. The molecule has 112 valence electrons. The number of carbonyl (C=O) groups is 1. The molecular formula is C15H20N4O2. The molecule has 0 fully saturated rings. The number of para-hydroxylation sites is 1. The molecule has 1 aromatic carbocycles. The van der Waals surface area contributed by atoms with Gasteiger partial charge >= 0.3 is 6.03 Å². The summed E-state index contributed by atoms with van der Waals surface area (Å²) in [5, 5.41) is 11.7. The molecule has 0 saturated heterocycles. The van der Waals surface area contributed by atoms with Crippen LogP contribution in [0.3, 0.4) is 0 Å². The van der Waals surface area contributed by atoms with Crippen molar-refractivity contribution in [2.75, 3.05) is 19.7 Å². The predicted octanol–water partition coefficient (Wildman–Crippen LogP) is 1.56. The molecule has 0 spiro atoms. The number of benzene rings is 1. The standard InChI is InChI=1S/C15H20N4O2/c1-3-7-19(8-9-20)15(21)16-10-13-17-12-6-4-5-11(2)14(12)18-13/h3-6,20H,1,7-10H2,2H3,(H,16,21)(H,17,18). The number of imidazole rings is 1. The zero-order valence-electron chi connectivity index (χ0n) is 12.1. The maximum atomic E-state index is 12.0. The van der Waals surface area contributed by atoms with E-state index in [9.17, 15) is 4.79 Å². The quantitative estimate of drug-likeness (QED) is 0.706. The fraction of sp³-hybridized carbons (Fsp3) is 0.333. The molecule has 0 radical (unpaired) electrons. The van der Waals surface area contributed by atoms with Crippen LogP contribution in [0.5, 0.6) is 0 Å². The minimum absolute atomic E-state index is 0.0783. The number of carbonyl (C=O) groups excluding carboxylic acids is 1. The van der Waals surface area contributed by atoms with Gasteiger partial charge in [-0.3, -0.25) is 0 Å². The lowest BCUT2D eigenvalue weighted by atomic mass is 10.2. The van der Waals surface area contributed by atoms with Crippen LogP contribution in [0, 0.1) is 6.92 Å². The van der Waals surface area contributed by atoms with Gasteiger partial charge in [0.2, 0.25) is 0 Å². The smallest absolute Gasteiger partial charge is 0.318 e. The molecule has 1 aromatic heterocycles. The van der Waals surface area contributed by atoms with E-state index in [1.165, 1.54) is 4.90 Å². The van der Waals surface area contributed by atoms with Crippen molar-refractivity contribution in [3.63, 3.8) is 0 Å². The number of aromatic amines is 1. The summed E-state index contributed by atoms with van der Waals surface area (Å²) in [5.41, 5.74) is 2.97. The Morgan fingerprint density at radius 1 is 1.57 bits per heavy atom. The van der Waals surface area contributed by atoms with Gasteiger partial charge in [-0.2, -0.15) is 0 Å². The molecule has 2 amide bonds. The Morgan fingerprint density at radius 3 is 3.05 bits per heavy atom. The summed E-state index contributed by atoms with van der Waals surface area (Å²) < 4.78 is 0. The average Bonchev–Trinajstić information content (AvgIpc) is 2.89. The first-order chi connectivity index (χ1) is 10.2. The number of aliphatic hydroxyl groups is 1. The van der Waals surface area contributed by atoms with Gasteiger partial charge in [-0.15, -0.1) is 6.58 Å². The molecule has 0 aliphatic rings. The number of nitrogens with zero attached hydrogens (tertiary/aromatic N) is 2. The Labute approximate surface area is 123 Å². The third-order valence-corrected chi connectivity index (χ3v) is 3.18. The summed E-state index contributed by atoms with van der Waals surface area (Å²) >= 11 is 0. The number of aliphatic hydroxyl groups excluding tert-OH is 1. The van der Waals surface area contributed by atoms with E-state index in [0.717, 1.165) is 16.6 Å². The number of nitrogens with one attached hydrogen (secondary N) is 2. The van der Waals surface area contributed by atoms with Crippen LogP contribution in [0.15, 0.2) is 30.9 Å². The zero-order chi connectivity index (χ0) is 15.2. The molecule has 21 heavy (non-hydrogen) atoms. The van der Waals surface area contributed by atoms with Gasteiger partial charge in [-0.25, -0.2) is 9.78 Å². The lowest BCUT2D eigenvalue weighted by Gasteiger charge is -2.20. The Hall–Kier alpha value is -2.34. The first kappa shape index (κ1) is 15.1. The molecule has 0 aliphatic carbocycles. The van der Waals surface area contributed by atoms with E-state index in [1.807, 2.05) is 25.1 Å². The largest absolute Gasteiger partial charge is 0.395 e. The van der Waals surface area contributed by atoms with Gasteiger partial charge in [0.25, 0.3) is 0 Å². The molecule has 0 bridgehead atoms. The molecular weight excluding hydrogens is 268 g/mol. The van der Waals surface area contributed by atoms with Crippen molar-refractivity contribution in [3.8, 4) is 0 Å². The minimum Gasteiger partial charge on any atom is -0.395 e. The first-order valence-electron chi connectivity index (χ1n) is 6.84. The molecule has 3 N–H and O–H groups in total. The van der Waals surface area contributed by atoms with E-state index in [0.29, 0.717) is 18.9 Å². The van der Waals surface area contributed by atoms with E-state index >= 15 is 0 Å². The van der Waals surface area contributed by atoms with Crippen LogP contribution in [-0.2, 0) is 6.54 Å². The van der Waals surface area contributed by atoms with Gasteiger partial charge in [-0.05, 0) is 18.6 Å². The maximum absolute atomic E-state index is 12.0. The van der Waals surface area contributed by atoms with E-state index in [4.69, 9.17) is 5.11 Å². The molecule has 0 saturated carbocycles. The van der Waals surface area contributed by atoms with Crippen LogP contribution < -0.4 is 5.32 Å². The van der Waals surface area contributed by atoms with Crippen molar-refractivity contribution in [3.05, 3.63) is 42.2 Å². The highest BCUT2D eigenvalue weighted by Crippen LogP contribution is 2.15. The van der Waals surface area contributed by atoms with Crippen molar-refractivity contribution in [2.24, 2.45) is 0 Å². The fourth-order valence-electron chi connectivity index (χ4n) is 2.13. The molecule has 0 atom stereocenters. The van der Waals surface area contributed by atoms with Crippen LogP contribution in [-0.4, -0.2) is 45.7 Å². The third kappa shape index (κ3) is 3.61. The minimum atomic E-state index is -0.249. The van der Waals surface area contributed by atoms with Crippen LogP contribution in [0.2, 0.25) is 0 Å². The topological polar surface area (TPSA) is 81.2 Å². The summed E-state index contributed by atoms with van der Waals surface area (Å²) in [6.07, 6.45) is 1.62. The summed E-state index contributed by atoms with van der Waals surface area (Å²) in [6, 6.07) is 5.67. The number of aromatic nitrogens is 2. The van der Waals surface area contributed by atoms with E-state index < -0.39 is 0 Å². The predicted molar refractivity (Wildman–Crippen MR) is 81.9 cm³/mol. The lowest BCUT2D eigenvalue weighted by molar-refractivity contribution is 0.183. The van der Waals surface area contributed by atoms with Crippen molar-refractivity contribution < 1.29 is 9.90 Å². The van der Waals surface area contributed by atoms with Gasteiger partial charge in [0.05, 0.1) is 24.2 Å². The van der Waals surface area contributed by atoms with E-state index in [2.05, 4.69) is 21.9 Å². The van der Waals surface area contributed by atoms with Crippen molar-refractivity contribution >= 4 is 17.1 Å². The number of amides is 2. The number of fused-ring (bicyclic) bond motifs is 1. The zero-order valence-corrected chi connectivity index (χ0v) is 12.1. The Morgan fingerprint density at radius 2 is 2.38 bits per heavy atom. The number of hydrogen-bond acceptors (Lipinski definition) is 3. The van der Waals surface area contributed by atoms with Crippen molar-refractivity contribution in [1.29, 1.82) is 0 Å². The Bertz CT molecular complexity index is 636. The van der Waals surface area contributed by atoms with Gasteiger partial charge < -0.3 is 20.3 Å². The highest BCUT2D eigenvalue weighted by molar-refractivity contribution is 5.79. The van der Waals surface area contributed by atoms with Crippen LogP contribution >= 0.6 is 0 Å². The van der Waals surface area contributed by atoms with E-state index in [-0.39, 0.29) is 19.2 Å². The maximum Gasteiger partial charge on any atom is 0.318 e. The molecule has 0 aliphatic heterocycles. The number of hydrogen-bond donors (Lipinski definition) is 3. The Balaban J connectivity index is 2.02. The molecule has 2 aromatic rings. The normalized spacial score (nSPS) is 10.6. The fourth-order valence-corrected chi connectivity index (χ4v) is 2.13. The number of urea groups is 1. The monoisotopic (exact) mass is 288 g/mol. The number of aryl methyl sites for hydroxylation is 1. The second kappa shape index (κ2) is 6.90.